The minimum atomic E-state index is -1.63. The second-order valence-corrected chi connectivity index (χ2v) is 10.7. The maximum Gasteiger partial charge on any atom is 0.328 e. The molecule has 224 valence electrons. The van der Waals surface area contributed by atoms with Crippen molar-refractivity contribution in [3.05, 3.63) is 40.7 Å². The maximum absolute atomic E-state index is 16.1. The number of ether oxygens (including phenoxy) is 3. The number of methoxy groups -OCH3 is 3. The predicted molar refractivity (Wildman–Crippen MR) is 151 cm³/mol. The number of rotatable bonds is 10. The summed E-state index contributed by atoms with van der Waals surface area (Å²) in [5.41, 5.74) is 0.441. The largest absolute Gasteiger partial charge is 0.383 e. The van der Waals surface area contributed by atoms with E-state index in [4.69, 9.17) is 19.2 Å². The van der Waals surface area contributed by atoms with Gasteiger partial charge in [0.2, 0.25) is 12.2 Å². The minimum absolute atomic E-state index is 0.0375. The first-order valence-corrected chi connectivity index (χ1v) is 13.7. The van der Waals surface area contributed by atoms with E-state index < -0.39 is 24.0 Å². The number of amides is 3. The quantitative estimate of drug-likeness (QED) is 0.316. The van der Waals surface area contributed by atoms with Gasteiger partial charge in [0, 0.05) is 84.2 Å². The summed E-state index contributed by atoms with van der Waals surface area (Å²) in [6.45, 7) is 2.63. The summed E-state index contributed by atoms with van der Waals surface area (Å²) in [7, 11) is 6.39. The molecule has 2 aromatic heterocycles. The van der Waals surface area contributed by atoms with Gasteiger partial charge < -0.3 is 24.4 Å². The lowest BCUT2D eigenvalue weighted by Crippen LogP contribution is -2.60. The number of nitrogens with zero attached hydrogens (tertiary/aromatic N) is 6. The van der Waals surface area contributed by atoms with Gasteiger partial charge in [0.15, 0.2) is 0 Å². The number of halogens is 1. The molecule has 2 fully saturated rings. The standard InChI is InChI=1S/C28H35FN8O5/c1-35-6-7-36(23(38)16-35)15-17-9-20-25(34-24(17)26(41-3)42-4)37(19-11-28(20,29)12-19)27(39)33-22-10-21(31-5-8-40-2)18(13-30)14-32-22/h9-10,14,19,26H,5-8,11-12,15-16H2,1-4H3,(H2,31,32,33,39). The second-order valence-electron chi connectivity index (χ2n) is 10.7. The van der Waals surface area contributed by atoms with Gasteiger partial charge in [0.1, 0.15) is 29.1 Å². The van der Waals surface area contributed by atoms with Gasteiger partial charge in [-0.2, -0.15) is 5.26 Å². The highest BCUT2D eigenvalue weighted by molar-refractivity contribution is 6.03. The van der Waals surface area contributed by atoms with E-state index in [0.29, 0.717) is 60.9 Å². The van der Waals surface area contributed by atoms with Gasteiger partial charge in [-0.3, -0.25) is 19.9 Å². The van der Waals surface area contributed by atoms with Crippen LogP contribution in [0.4, 0.5) is 26.5 Å². The molecule has 0 unspecified atom stereocenters. The summed E-state index contributed by atoms with van der Waals surface area (Å²) < 4.78 is 32.1. The highest BCUT2D eigenvalue weighted by Crippen LogP contribution is 2.56. The molecule has 14 heteroatoms. The van der Waals surface area contributed by atoms with Crippen LogP contribution in [0.3, 0.4) is 0 Å². The zero-order valence-electron chi connectivity index (χ0n) is 24.1. The van der Waals surface area contributed by atoms with Crippen LogP contribution in [0.25, 0.3) is 0 Å². The van der Waals surface area contributed by atoms with Crippen molar-refractivity contribution in [2.45, 2.75) is 37.4 Å². The molecule has 0 aromatic carbocycles. The number of aromatic nitrogens is 2. The van der Waals surface area contributed by atoms with Crippen molar-refractivity contribution in [3.63, 3.8) is 0 Å². The van der Waals surface area contributed by atoms with Crippen LogP contribution in [-0.2, 0) is 31.2 Å². The van der Waals surface area contributed by atoms with Crippen molar-refractivity contribution in [2.24, 2.45) is 0 Å². The van der Waals surface area contributed by atoms with E-state index in [0.717, 1.165) is 0 Å². The Morgan fingerprint density at radius 2 is 2.02 bits per heavy atom. The van der Waals surface area contributed by atoms with Gasteiger partial charge in [-0.15, -0.1) is 0 Å². The average Bonchev–Trinajstić information content (AvgIpc) is 2.95. The van der Waals surface area contributed by atoms with Crippen LogP contribution < -0.4 is 15.5 Å². The highest BCUT2D eigenvalue weighted by atomic mass is 19.1. The van der Waals surface area contributed by atoms with Gasteiger partial charge in [-0.1, -0.05) is 0 Å². The van der Waals surface area contributed by atoms with E-state index in [-0.39, 0.29) is 36.9 Å². The Bertz CT molecular complexity index is 1390. The van der Waals surface area contributed by atoms with Crippen LogP contribution in [0.1, 0.15) is 41.5 Å². The minimum Gasteiger partial charge on any atom is -0.383 e. The molecule has 2 bridgehead atoms. The predicted octanol–water partition coefficient (Wildman–Crippen LogP) is 2.35. The smallest absolute Gasteiger partial charge is 0.328 e. The summed E-state index contributed by atoms with van der Waals surface area (Å²) in [5.74, 6) is 0.352. The van der Waals surface area contributed by atoms with E-state index in [9.17, 15) is 14.9 Å². The zero-order valence-corrected chi connectivity index (χ0v) is 24.1. The summed E-state index contributed by atoms with van der Waals surface area (Å²) in [6, 6.07) is 4.40. The molecular weight excluding hydrogens is 547 g/mol. The van der Waals surface area contributed by atoms with Crippen molar-refractivity contribution in [2.75, 3.05) is 76.7 Å². The highest BCUT2D eigenvalue weighted by Gasteiger charge is 2.57. The van der Waals surface area contributed by atoms with E-state index in [1.54, 1.807) is 24.1 Å². The molecule has 4 aliphatic rings. The zero-order chi connectivity index (χ0) is 30.0. The number of likely N-dealkylation sites (N-methyl/N-ethyl adjacent to an activating group) is 1. The van der Waals surface area contributed by atoms with Crippen LogP contribution in [0, 0.1) is 11.3 Å². The Morgan fingerprint density at radius 1 is 1.26 bits per heavy atom. The number of carbonyl (C=O) groups is 2. The molecule has 1 saturated carbocycles. The molecule has 5 heterocycles. The summed E-state index contributed by atoms with van der Waals surface area (Å²) >= 11 is 0. The molecule has 2 aromatic rings. The second kappa shape index (κ2) is 12.1. The fourth-order valence-corrected chi connectivity index (χ4v) is 5.66. The van der Waals surface area contributed by atoms with Crippen LogP contribution in [-0.4, -0.2) is 98.9 Å². The molecule has 13 nitrogen and oxygen atoms in total. The maximum atomic E-state index is 16.1. The van der Waals surface area contributed by atoms with Gasteiger partial charge in [0.25, 0.3) is 0 Å². The number of nitrogens with one attached hydrogen (secondary N) is 2. The molecule has 6 rings (SSSR count). The SMILES string of the molecule is COCCNc1cc(NC(=O)N2c3nc(C(OC)OC)c(CN4CCN(C)CC4=O)cc3C3(F)CC2C3)ncc1C#N. The number of hydrogen-bond donors (Lipinski definition) is 2. The van der Waals surface area contributed by atoms with E-state index >= 15 is 4.39 Å². The van der Waals surface area contributed by atoms with Crippen LogP contribution in [0.15, 0.2) is 18.3 Å². The van der Waals surface area contributed by atoms with Crippen molar-refractivity contribution in [1.82, 2.24) is 19.8 Å². The van der Waals surface area contributed by atoms with Gasteiger partial charge in [-0.05, 0) is 18.7 Å². The lowest BCUT2D eigenvalue weighted by atomic mass is 9.68. The van der Waals surface area contributed by atoms with Crippen molar-refractivity contribution >= 4 is 29.3 Å². The molecular formula is C28H35FN8O5. The molecule has 42 heavy (non-hydrogen) atoms. The Kier molecular flexibility index (Phi) is 8.55. The first kappa shape index (κ1) is 29.6. The normalized spacial score (nSPS) is 21.5. The number of anilines is 3. The number of alkyl halides is 1. The number of piperazine rings is 1. The number of carbonyl (C=O) groups excluding carboxylic acids is 2. The molecule has 3 aliphatic heterocycles. The van der Waals surface area contributed by atoms with Gasteiger partial charge >= 0.3 is 6.03 Å². The number of urea groups is 1. The Morgan fingerprint density at radius 3 is 2.69 bits per heavy atom. The third-order valence-corrected chi connectivity index (χ3v) is 7.93. The van der Waals surface area contributed by atoms with Crippen molar-refractivity contribution in [1.29, 1.82) is 5.26 Å². The summed E-state index contributed by atoms with van der Waals surface area (Å²) in [4.78, 5) is 40.5. The molecule has 1 aliphatic carbocycles. The molecule has 0 radical (unpaired) electrons. The molecule has 3 amide bonds. The Hall–Kier alpha value is -3.90. The average molecular weight is 583 g/mol. The summed E-state index contributed by atoms with van der Waals surface area (Å²) in [5, 5.41) is 15.3. The van der Waals surface area contributed by atoms with Crippen molar-refractivity contribution < 1.29 is 28.2 Å². The fourth-order valence-electron chi connectivity index (χ4n) is 5.66. The van der Waals surface area contributed by atoms with E-state index in [2.05, 4.69) is 21.7 Å². The lowest BCUT2D eigenvalue weighted by Gasteiger charge is -2.52. The number of pyridine rings is 2. The number of nitriles is 1. The summed E-state index contributed by atoms with van der Waals surface area (Å²) in [6.07, 6.45) is 0.732. The third kappa shape index (κ3) is 5.60. The lowest BCUT2D eigenvalue weighted by molar-refractivity contribution is -0.136. The Labute approximate surface area is 243 Å². The van der Waals surface area contributed by atoms with Crippen LogP contribution in [0.5, 0.6) is 0 Å². The van der Waals surface area contributed by atoms with Crippen LogP contribution in [0.2, 0.25) is 0 Å². The van der Waals surface area contributed by atoms with E-state index in [1.165, 1.54) is 25.3 Å². The van der Waals surface area contributed by atoms with Crippen LogP contribution >= 0.6 is 0 Å². The first-order chi connectivity index (χ1) is 20.2. The molecule has 0 atom stereocenters. The topological polar surface area (TPSA) is 145 Å². The first-order valence-electron chi connectivity index (χ1n) is 13.7. The number of hydrogen-bond acceptors (Lipinski definition) is 10. The molecule has 0 spiro atoms. The molecule has 2 N–H and O–H groups in total. The third-order valence-electron chi connectivity index (χ3n) is 7.93. The molecule has 1 saturated heterocycles. The van der Waals surface area contributed by atoms with Gasteiger partial charge in [-0.25, -0.2) is 19.2 Å². The fraction of sp³-hybridized carbons (Fsp3) is 0.536. The van der Waals surface area contributed by atoms with Crippen molar-refractivity contribution in [3.8, 4) is 6.07 Å². The van der Waals surface area contributed by atoms with E-state index in [1.807, 2.05) is 11.9 Å². The monoisotopic (exact) mass is 582 g/mol. The Balaban J connectivity index is 1.47. The van der Waals surface area contributed by atoms with Gasteiger partial charge in [0.05, 0.1) is 24.4 Å².